The van der Waals surface area contributed by atoms with E-state index in [1.807, 2.05) is 7.05 Å². The predicted molar refractivity (Wildman–Crippen MR) is 116 cm³/mol. The third kappa shape index (κ3) is 3.84. The lowest BCUT2D eigenvalue weighted by Gasteiger charge is -2.22. The number of nitrogens with one attached hydrogen (secondary N) is 2. The summed E-state index contributed by atoms with van der Waals surface area (Å²) in [6.45, 7) is 0. The number of carbonyl (C=O) groups excluding carboxylic acids is 1. The highest BCUT2D eigenvalue weighted by molar-refractivity contribution is 6.32. The van der Waals surface area contributed by atoms with Gasteiger partial charge in [0.25, 0.3) is 0 Å². The van der Waals surface area contributed by atoms with Crippen molar-refractivity contribution in [1.29, 1.82) is 0 Å². The molecule has 2 N–H and O–H groups in total. The quantitative estimate of drug-likeness (QED) is 0.470. The predicted octanol–water partition coefficient (Wildman–Crippen LogP) is 3.25. The Kier molecular flexibility index (Phi) is 4.83. The lowest BCUT2D eigenvalue weighted by molar-refractivity contribution is 0.262. The second kappa shape index (κ2) is 7.67. The van der Waals surface area contributed by atoms with E-state index in [2.05, 4.69) is 40.8 Å². The molecular formula is C18H16Cl2N10O. The van der Waals surface area contributed by atoms with Crippen LogP contribution in [-0.4, -0.2) is 53.7 Å². The number of nitrogens with zero attached hydrogens (tertiary/aromatic N) is 8. The van der Waals surface area contributed by atoms with Crippen molar-refractivity contribution in [2.45, 2.75) is 18.9 Å². The number of aromatic nitrogens is 7. The molecule has 0 saturated heterocycles. The first-order valence-corrected chi connectivity index (χ1v) is 10.1. The fourth-order valence-corrected chi connectivity index (χ4v) is 3.65. The maximum atomic E-state index is 12.7. The molecule has 13 heteroatoms. The van der Waals surface area contributed by atoms with Gasteiger partial charge in [0.2, 0.25) is 0 Å². The molecular weight excluding hydrogens is 443 g/mol. The smallest absolute Gasteiger partial charge is 0.323 e. The minimum atomic E-state index is -0.475. The molecule has 0 bridgehead atoms. The number of halogens is 2. The van der Waals surface area contributed by atoms with Crippen molar-refractivity contribution in [2.24, 2.45) is 0 Å². The molecule has 0 aliphatic heterocycles. The van der Waals surface area contributed by atoms with Crippen LogP contribution in [0.5, 0.6) is 0 Å². The summed E-state index contributed by atoms with van der Waals surface area (Å²) in [6.07, 6.45) is 9.85. The highest BCUT2D eigenvalue weighted by Gasteiger charge is 2.30. The van der Waals surface area contributed by atoms with Gasteiger partial charge in [0.15, 0.2) is 11.5 Å². The van der Waals surface area contributed by atoms with Crippen molar-refractivity contribution >= 4 is 51.9 Å². The Morgan fingerprint density at radius 2 is 1.94 bits per heavy atom. The fourth-order valence-electron chi connectivity index (χ4n) is 3.23. The van der Waals surface area contributed by atoms with Crippen LogP contribution in [0.15, 0.2) is 37.1 Å². The summed E-state index contributed by atoms with van der Waals surface area (Å²) >= 11 is 12.3. The molecule has 5 rings (SSSR count). The number of carbonyl (C=O) groups is 1. The van der Waals surface area contributed by atoms with E-state index in [1.54, 1.807) is 23.0 Å². The van der Waals surface area contributed by atoms with Crippen LogP contribution in [0.2, 0.25) is 10.2 Å². The molecule has 31 heavy (non-hydrogen) atoms. The van der Waals surface area contributed by atoms with Crippen LogP contribution >= 0.6 is 23.2 Å². The van der Waals surface area contributed by atoms with Gasteiger partial charge in [0, 0.05) is 13.1 Å². The summed E-state index contributed by atoms with van der Waals surface area (Å²) in [7, 11) is 1.96. The Labute approximate surface area is 186 Å². The Morgan fingerprint density at radius 1 is 1.16 bits per heavy atom. The van der Waals surface area contributed by atoms with Crippen LogP contribution in [0.25, 0.3) is 11.5 Å². The van der Waals surface area contributed by atoms with Gasteiger partial charge < -0.3 is 15.5 Å². The zero-order valence-corrected chi connectivity index (χ0v) is 17.7. The monoisotopic (exact) mass is 458 g/mol. The first-order chi connectivity index (χ1) is 15.0. The lowest BCUT2D eigenvalue weighted by Crippen LogP contribution is -2.25. The summed E-state index contributed by atoms with van der Waals surface area (Å²) in [6, 6.07) is 1.48. The van der Waals surface area contributed by atoms with E-state index in [0.29, 0.717) is 39.1 Å². The molecule has 0 aromatic carbocycles. The molecule has 1 aliphatic carbocycles. The van der Waals surface area contributed by atoms with E-state index in [0.717, 1.165) is 18.5 Å². The number of rotatable bonds is 5. The molecule has 0 unspecified atom stereocenters. The zero-order valence-electron chi connectivity index (χ0n) is 16.2. The summed E-state index contributed by atoms with van der Waals surface area (Å²) in [5.74, 6) is 0.358. The fraction of sp³-hybridized carbons (Fsp3) is 0.222. The van der Waals surface area contributed by atoms with E-state index in [-0.39, 0.29) is 0 Å². The number of pyridine rings is 1. The Morgan fingerprint density at radius 3 is 2.65 bits per heavy atom. The van der Waals surface area contributed by atoms with Crippen molar-refractivity contribution in [3.63, 3.8) is 0 Å². The molecule has 1 aliphatic rings. The zero-order chi connectivity index (χ0) is 21.5. The molecule has 158 valence electrons. The first-order valence-electron chi connectivity index (χ1n) is 9.36. The summed E-state index contributed by atoms with van der Waals surface area (Å²) in [5, 5.41) is 18.5. The van der Waals surface area contributed by atoms with Gasteiger partial charge in [0.1, 0.15) is 10.8 Å². The number of amides is 2. The van der Waals surface area contributed by atoms with E-state index in [9.17, 15) is 4.79 Å². The van der Waals surface area contributed by atoms with E-state index >= 15 is 0 Å². The second-order valence-electron chi connectivity index (χ2n) is 7.01. The average Bonchev–Trinajstić information content (AvgIpc) is 3.30. The van der Waals surface area contributed by atoms with Crippen LogP contribution in [0, 0.1) is 0 Å². The first kappa shape index (κ1) is 19.5. The highest BCUT2D eigenvalue weighted by atomic mass is 35.5. The summed E-state index contributed by atoms with van der Waals surface area (Å²) in [4.78, 5) is 24.6. The number of hydrogen-bond acceptors (Lipinski definition) is 7. The largest absolute Gasteiger partial charge is 0.367 e. The van der Waals surface area contributed by atoms with Crippen molar-refractivity contribution in [3.05, 3.63) is 47.2 Å². The maximum absolute atomic E-state index is 12.7. The number of urea groups is 1. The summed E-state index contributed by atoms with van der Waals surface area (Å²) < 4.78 is 1.59. The van der Waals surface area contributed by atoms with Crippen molar-refractivity contribution in [1.82, 2.24) is 34.6 Å². The van der Waals surface area contributed by atoms with Gasteiger partial charge in [-0.25, -0.2) is 19.3 Å². The number of fused-ring (bicyclic) bond motifs is 1. The Hall–Kier alpha value is -3.44. The van der Waals surface area contributed by atoms with Gasteiger partial charge in [-0.2, -0.15) is 15.3 Å². The van der Waals surface area contributed by atoms with E-state index in [4.69, 9.17) is 23.2 Å². The highest BCUT2D eigenvalue weighted by Crippen LogP contribution is 2.37. The Balaban J connectivity index is 1.39. The number of hydrogen-bond donors (Lipinski definition) is 2. The molecule has 1 saturated carbocycles. The molecule has 4 aromatic rings. The van der Waals surface area contributed by atoms with Gasteiger partial charge in [-0.05, 0) is 18.9 Å². The van der Waals surface area contributed by atoms with Crippen molar-refractivity contribution in [2.75, 3.05) is 22.6 Å². The Bertz CT molecular complexity index is 1270. The topological polar surface area (TPSA) is 118 Å². The normalized spacial score (nSPS) is 13.4. The van der Waals surface area contributed by atoms with Crippen LogP contribution in [-0.2, 0) is 0 Å². The summed E-state index contributed by atoms with van der Waals surface area (Å²) in [5.41, 5.74) is 2.24. The SMILES string of the molecule is CN(c1c(NC(=O)Nc2cnc(-n3nccn3)c(Cl)c2)cnn2cc(Cl)nc12)C1CC1. The molecule has 4 aromatic heterocycles. The minimum Gasteiger partial charge on any atom is -0.367 e. The lowest BCUT2D eigenvalue weighted by atomic mass is 10.3. The molecule has 11 nitrogen and oxygen atoms in total. The van der Waals surface area contributed by atoms with Gasteiger partial charge in [-0.3, -0.25) is 0 Å². The van der Waals surface area contributed by atoms with Crippen LogP contribution < -0.4 is 15.5 Å². The third-order valence-corrected chi connectivity index (χ3v) is 5.28. The van der Waals surface area contributed by atoms with Crippen LogP contribution in [0.1, 0.15) is 12.8 Å². The molecule has 0 spiro atoms. The number of anilines is 3. The average molecular weight is 459 g/mol. The molecule has 2 amide bonds. The molecule has 1 fully saturated rings. The van der Waals surface area contributed by atoms with Crippen molar-refractivity contribution in [3.8, 4) is 5.82 Å². The maximum Gasteiger partial charge on any atom is 0.323 e. The van der Waals surface area contributed by atoms with E-state index < -0.39 is 6.03 Å². The second-order valence-corrected chi connectivity index (χ2v) is 7.80. The van der Waals surface area contributed by atoms with Crippen LogP contribution in [0.3, 0.4) is 0 Å². The van der Waals surface area contributed by atoms with E-state index in [1.165, 1.54) is 23.4 Å². The van der Waals surface area contributed by atoms with Gasteiger partial charge in [-0.1, -0.05) is 23.2 Å². The third-order valence-electron chi connectivity index (χ3n) is 4.82. The van der Waals surface area contributed by atoms with Gasteiger partial charge in [-0.15, -0.1) is 4.80 Å². The minimum absolute atomic E-state index is 0.290. The molecule has 0 radical (unpaired) electrons. The van der Waals surface area contributed by atoms with Crippen LogP contribution in [0.4, 0.5) is 21.9 Å². The molecule has 0 atom stereocenters. The van der Waals surface area contributed by atoms with Gasteiger partial charge >= 0.3 is 6.03 Å². The standard InChI is InChI=1S/C18H16Cl2N10O/c1-28(11-2-3-11)15-13(8-24-29-9-14(20)27-17(15)29)26-18(31)25-10-6-12(19)16(21-7-10)30-22-4-5-23-30/h4-9,11H,2-3H2,1H3,(H2,25,26,31). The van der Waals surface area contributed by atoms with Gasteiger partial charge in [0.05, 0.1) is 47.4 Å². The molecule has 4 heterocycles. The van der Waals surface area contributed by atoms with Crippen molar-refractivity contribution < 1.29 is 4.79 Å². The number of imidazole rings is 1.